The molecule has 0 bridgehead atoms. The van der Waals surface area contributed by atoms with Crippen molar-refractivity contribution >= 4 is 11.6 Å². The standard InChI is InChI=1S/C24H26F3N3O3/c1-3-33-22(31)23(2,14-16-9-12-32-13-10-16)20-8-11-28-21-19(15-29-30(20)21)17-4-6-18(7-5-17)24(25,26)27/h4-8,11,15-16H,3,9-10,12-14H2,1-2H3. The first kappa shape index (κ1) is 23.2. The average Bonchev–Trinajstić information content (AvgIpc) is 3.23. The molecule has 0 spiro atoms. The van der Waals surface area contributed by atoms with E-state index in [0.717, 1.165) is 25.0 Å². The lowest BCUT2D eigenvalue weighted by Crippen LogP contribution is -2.39. The first-order valence-corrected chi connectivity index (χ1v) is 11.0. The summed E-state index contributed by atoms with van der Waals surface area (Å²) in [6.45, 7) is 5.21. The molecule has 2 aromatic heterocycles. The fraction of sp³-hybridized carbons (Fsp3) is 0.458. The van der Waals surface area contributed by atoms with Crippen molar-refractivity contribution in [1.82, 2.24) is 14.6 Å². The fourth-order valence-corrected chi connectivity index (χ4v) is 4.46. The van der Waals surface area contributed by atoms with Crippen LogP contribution in [0.3, 0.4) is 0 Å². The number of carbonyl (C=O) groups excluding carboxylic acids is 1. The molecule has 0 radical (unpaired) electrons. The lowest BCUT2D eigenvalue weighted by molar-refractivity contribution is -0.151. The molecule has 1 fully saturated rings. The van der Waals surface area contributed by atoms with E-state index in [1.807, 2.05) is 6.92 Å². The van der Waals surface area contributed by atoms with Gasteiger partial charge >= 0.3 is 12.1 Å². The van der Waals surface area contributed by atoms with E-state index in [4.69, 9.17) is 9.47 Å². The summed E-state index contributed by atoms with van der Waals surface area (Å²) in [4.78, 5) is 17.6. The number of hydrogen-bond acceptors (Lipinski definition) is 5. The van der Waals surface area contributed by atoms with E-state index in [-0.39, 0.29) is 12.6 Å². The van der Waals surface area contributed by atoms with Gasteiger partial charge in [-0.1, -0.05) is 12.1 Å². The van der Waals surface area contributed by atoms with Gasteiger partial charge in [-0.05, 0) is 62.8 Å². The van der Waals surface area contributed by atoms with Gasteiger partial charge in [0.15, 0.2) is 5.65 Å². The van der Waals surface area contributed by atoms with Crippen LogP contribution in [0.4, 0.5) is 13.2 Å². The van der Waals surface area contributed by atoms with Gasteiger partial charge in [0.1, 0.15) is 5.41 Å². The van der Waals surface area contributed by atoms with E-state index in [1.165, 1.54) is 12.1 Å². The van der Waals surface area contributed by atoms with Crippen LogP contribution in [-0.4, -0.2) is 40.4 Å². The van der Waals surface area contributed by atoms with Gasteiger partial charge in [-0.2, -0.15) is 18.3 Å². The van der Waals surface area contributed by atoms with Crippen molar-refractivity contribution in [3.05, 3.63) is 54.0 Å². The molecule has 176 valence electrons. The van der Waals surface area contributed by atoms with Crippen LogP contribution in [0.2, 0.25) is 0 Å². The largest absolute Gasteiger partial charge is 0.465 e. The zero-order valence-corrected chi connectivity index (χ0v) is 18.6. The van der Waals surface area contributed by atoms with Crippen LogP contribution >= 0.6 is 0 Å². The molecule has 6 nitrogen and oxygen atoms in total. The third kappa shape index (κ3) is 4.59. The Labute approximate surface area is 189 Å². The third-order valence-electron chi connectivity index (χ3n) is 6.25. The minimum Gasteiger partial charge on any atom is -0.465 e. The highest BCUT2D eigenvalue weighted by molar-refractivity contribution is 5.83. The number of halogens is 3. The maximum Gasteiger partial charge on any atom is 0.416 e. The number of benzene rings is 1. The van der Waals surface area contributed by atoms with E-state index >= 15 is 0 Å². The molecule has 0 N–H and O–H groups in total. The Balaban J connectivity index is 1.76. The molecule has 3 aromatic rings. The third-order valence-corrected chi connectivity index (χ3v) is 6.25. The Morgan fingerprint density at radius 2 is 1.88 bits per heavy atom. The van der Waals surface area contributed by atoms with Gasteiger partial charge in [0.05, 0.1) is 24.1 Å². The molecule has 4 rings (SSSR count). The van der Waals surface area contributed by atoms with Crippen LogP contribution in [0.5, 0.6) is 0 Å². The molecule has 0 saturated carbocycles. The van der Waals surface area contributed by atoms with Gasteiger partial charge in [0, 0.05) is 25.0 Å². The Bertz CT molecular complexity index is 1120. The molecule has 1 atom stereocenters. The molecule has 1 saturated heterocycles. The minimum atomic E-state index is -4.41. The summed E-state index contributed by atoms with van der Waals surface area (Å²) in [6, 6.07) is 6.64. The van der Waals surface area contributed by atoms with E-state index in [9.17, 15) is 18.0 Å². The SMILES string of the molecule is CCOC(=O)C(C)(CC1CCOCC1)c1ccnc2c(-c3ccc(C(F)(F)F)cc3)cnn12. The quantitative estimate of drug-likeness (QED) is 0.481. The lowest BCUT2D eigenvalue weighted by Gasteiger charge is -2.33. The summed E-state index contributed by atoms with van der Waals surface area (Å²) >= 11 is 0. The molecule has 0 amide bonds. The normalized spacial score (nSPS) is 17.1. The number of fused-ring (bicyclic) bond motifs is 1. The predicted molar refractivity (Wildman–Crippen MR) is 116 cm³/mol. The molecular weight excluding hydrogens is 435 g/mol. The molecule has 0 aliphatic carbocycles. The molecule has 1 aromatic carbocycles. The first-order chi connectivity index (χ1) is 15.7. The minimum absolute atomic E-state index is 0.256. The van der Waals surface area contributed by atoms with E-state index in [0.29, 0.717) is 48.0 Å². The molecule has 1 aliphatic rings. The Morgan fingerprint density at radius 3 is 2.52 bits per heavy atom. The second kappa shape index (κ2) is 9.13. The Kier molecular flexibility index (Phi) is 6.43. The number of nitrogens with zero attached hydrogens (tertiary/aromatic N) is 3. The molecule has 9 heteroatoms. The molecular formula is C24H26F3N3O3. The van der Waals surface area contributed by atoms with Crippen molar-refractivity contribution in [1.29, 1.82) is 0 Å². The predicted octanol–water partition coefficient (Wildman–Crippen LogP) is 5.05. The maximum absolute atomic E-state index is 13.2. The van der Waals surface area contributed by atoms with Gasteiger partial charge in [-0.3, -0.25) is 4.79 Å². The number of aromatic nitrogens is 3. The van der Waals surface area contributed by atoms with E-state index < -0.39 is 17.2 Å². The summed E-state index contributed by atoms with van der Waals surface area (Å²) in [5, 5.41) is 4.47. The van der Waals surface area contributed by atoms with E-state index in [2.05, 4.69) is 10.1 Å². The number of alkyl halides is 3. The van der Waals surface area contributed by atoms with Gasteiger partial charge in [-0.25, -0.2) is 9.50 Å². The Hall–Kier alpha value is -2.94. The smallest absolute Gasteiger partial charge is 0.416 e. The van der Waals surface area contributed by atoms with Crippen molar-refractivity contribution in [2.24, 2.45) is 5.92 Å². The summed E-state index contributed by atoms with van der Waals surface area (Å²) in [5.41, 5.74) is 0.559. The fourth-order valence-electron chi connectivity index (χ4n) is 4.46. The van der Waals surface area contributed by atoms with Crippen molar-refractivity contribution in [3.63, 3.8) is 0 Å². The molecule has 1 unspecified atom stereocenters. The number of carbonyl (C=O) groups is 1. The average molecular weight is 461 g/mol. The Morgan fingerprint density at radius 1 is 1.18 bits per heavy atom. The second-order valence-electron chi connectivity index (χ2n) is 8.51. The summed E-state index contributed by atoms with van der Waals surface area (Å²) < 4.78 is 51.4. The maximum atomic E-state index is 13.2. The van der Waals surface area contributed by atoms with Crippen molar-refractivity contribution in [3.8, 4) is 11.1 Å². The van der Waals surface area contributed by atoms with Gasteiger partial charge in [0.25, 0.3) is 0 Å². The highest BCUT2D eigenvalue weighted by atomic mass is 19.4. The van der Waals surface area contributed by atoms with Gasteiger partial charge < -0.3 is 9.47 Å². The topological polar surface area (TPSA) is 65.7 Å². The van der Waals surface area contributed by atoms with Crippen LogP contribution in [0.15, 0.2) is 42.7 Å². The molecule has 3 heterocycles. The van der Waals surface area contributed by atoms with Crippen LogP contribution in [0, 0.1) is 5.92 Å². The van der Waals surface area contributed by atoms with Gasteiger partial charge in [-0.15, -0.1) is 0 Å². The summed E-state index contributed by atoms with van der Waals surface area (Å²) in [7, 11) is 0. The van der Waals surface area contributed by atoms with Crippen LogP contribution in [-0.2, 0) is 25.9 Å². The monoisotopic (exact) mass is 461 g/mol. The zero-order valence-electron chi connectivity index (χ0n) is 18.6. The van der Waals surface area contributed by atoms with Crippen LogP contribution in [0.1, 0.15) is 44.4 Å². The summed E-state index contributed by atoms with van der Waals surface area (Å²) in [6.07, 6.45) is 1.05. The zero-order chi connectivity index (χ0) is 23.6. The molecule has 1 aliphatic heterocycles. The van der Waals surface area contributed by atoms with Crippen LogP contribution < -0.4 is 0 Å². The summed E-state index contributed by atoms with van der Waals surface area (Å²) in [5.74, 6) is -0.0445. The van der Waals surface area contributed by atoms with Gasteiger partial charge in [0.2, 0.25) is 0 Å². The number of ether oxygens (including phenoxy) is 2. The van der Waals surface area contributed by atoms with E-state index in [1.54, 1.807) is 29.9 Å². The second-order valence-corrected chi connectivity index (χ2v) is 8.51. The number of rotatable bonds is 6. The number of esters is 1. The first-order valence-electron chi connectivity index (χ1n) is 11.0. The number of hydrogen-bond donors (Lipinski definition) is 0. The van der Waals surface area contributed by atoms with Crippen molar-refractivity contribution in [2.75, 3.05) is 19.8 Å². The van der Waals surface area contributed by atoms with Crippen LogP contribution in [0.25, 0.3) is 16.8 Å². The van der Waals surface area contributed by atoms with Crippen molar-refractivity contribution < 1.29 is 27.4 Å². The highest BCUT2D eigenvalue weighted by Gasteiger charge is 2.42. The van der Waals surface area contributed by atoms with Crippen molar-refractivity contribution in [2.45, 2.75) is 44.7 Å². The lowest BCUT2D eigenvalue weighted by atomic mass is 9.75. The molecule has 33 heavy (non-hydrogen) atoms. The highest BCUT2D eigenvalue weighted by Crippen LogP contribution is 2.37.